The summed E-state index contributed by atoms with van der Waals surface area (Å²) in [4.78, 5) is 15.2. The number of benzene rings is 1. The minimum absolute atomic E-state index is 0.0955. The Morgan fingerprint density at radius 3 is 2.93 bits per heavy atom. The van der Waals surface area contributed by atoms with Gasteiger partial charge in [-0.3, -0.25) is 4.79 Å². The molecule has 0 saturated heterocycles. The number of aromatic nitrogens is 1. The minimum Gasteiger partial charge on any atom is -0.302 e. The summed E-state index contributed by atoms with van der Waals surface area (Å²) in [6.45, 7) is 3.51. The molecule has 0 bridgehead atoms. The third-order valence-corrected chi connectivity index (χ3v) is 4.26. The smallest absolute Gasteiger partial charge is 0.223 e. The highest BCUT2D eigenvalue weighted by atomic mass is 79.9. The molecule has 3 nitrogen and oxygen atoms in total. The van der Waals surface area contributed by atoms with Gasteiger partial charge >= 0.3 is 0 Å². The number of carbonyl (C=O) groups is 1. The Balaban J connectivity index is 2.56. The van der Waals surface area contributed by atoms with Crippen molar-refractivity contribution in [2.24, 2.45) is 0 Å². The van der Waals surface area contributed by atoms with Crippen molar-refractivity contribution in [3.63, 3.8) is 0 Å². The van der Waals surface area contributed by atoms with Gasteiger partial charge in [-0.05, 0) is 34.5 Å². The molecule has 0 unspecified atom stereocenters. The lowest BCUT2D eigenvalue weighted by molar-refractivity contribution is -0.114. The normalized spacial score (nSPS) is 10.6. The minimum atomic E-state index is -0.0955. The Kier molecular flexibility index (Phi) is 2.75. The molecule has 1 aromatic heterocycles. The molecule has 15 heavy (non-hydrogen) atoms. The Hall–Kier alpha value is -0.940. The first-order chi connectivity index (χ1) is 7.08. The van der Waals surface area contributed by atoms with Gasteiger partial charge in [0.05, 0.1) is 10.2 Å². The average Bonchev–Trinajstić information content (AvgIpc) is 2.54. The van der Waals surface area contributed by atoms with Gasteiger partial charge in [0.25, 0.3) is 0 Å². The monoisotopic (exact) mass is 284 g/mol. The van der Waals surface area contributed by atoms with E-state index in [0.717, 1.165) is 14.7 Å². The SMILES string of the molecule is CC(=O)Nc1nc2ccc(C)c(Br)c2s1. The van der Waals surface area contributed by atoms with Gasteiger partial charge in [-0.25, -0.2) is 4.98 Å². The lowest BCUT2D eigenvalue weighted by Gasteiger charge is -1.96. The summed E-state index contributed by atoms with van der Waals surface area (Å²) < 4.78 is 2.12. The van der Waals surface area contributed by atoms with Crippen LogP contribution in [0.5, 0.6) is 0 Å². The third-order valence-electron chi connectivity index (χ3n) is 1.97. The van der Waals surface area contributed by atoms with Crippen LogP contribution in [0.1, 0.15) is 12.5 Å². The fourth-order valence-corrected chi connectivity index (χ4v) is 2.84. The van der Waals surface area contributed by atoms with Crippen LogP contribution in [0.3, 0.4) is 0 Å². The number of nitrogens with zero attached hydrogens (tertiary/aromatic N) is 1. The van der Waals surface area contributed by atoms with Crippen molar-refractivity contribution in [1.29, 1.82) is 0 Å². The van der Waals surface area contributed by atoms with E-state index in [-0.39, 0.29) is 5.91 Å². The maximum atomic E-state index is 10.9. The van der Waals surface area contributed by atoms with Gasteiger partial charge in [-0.2, -0.15) is 0 Å². The maximum absolute atomic E-state index is 10.9. The van der Waals surface area contributed by atoms with Gasteiger partial charge in [0.15, 0.2) is 5.13 Å². The molecule has 0 fully saturated rings. The summed E-state index contributed by atoms with van der Waals surface area (Å²) in [5.41, 5.74) is 2.07. The van der Waals surface area contributed by atoms with Gasteiger partial charge in [-0.15, -0.1) is 0 Å². The predicted molar refractivity (Wildman–Crippen MR) is 66.4 cm³/mol. The van der Waals surface area contributed by atoms with Crippen LogP contribution in [0.15, 0.2) is 16.6 Å². The molecule has 1 amide bonds. The number of carbonyl (C=O) groups excluding carboxylic acids is 1. The van der Waals surface area contributed by atoms with Crippen LogP contribution >= 0.6 is 27.3 Å². The number of amides is 1. The first-order valence-corrected chi connectivity index (χ1v) is 6.02. The van der Waals surface area contributed by atoms with E-state index in [4.69, 9.17) is 0 Å². The standard InChI is InChI=1S/C10H9BrN2OS/c1-5-3-4-7-9(8(5)11)15-10(13-7)12-6(2)14/h3-4H,1-2H3,(H,12,13,14). The molecular weight excluding hydrogens is 276 g/mol. The van der Waals surface area contributed by atoms with Crippen molar-refractivity contribution in [3.8, 4) is 0 Å². The lowest BCUT2D eigenvalue weighted by Crippen LogP contribution is -2.04. The molecule has 1 aromatic carbocycles. The van der Waals surface area contributed by atoms with Crippen molar-refractivity contribution < 1.29 is 4.79 Å². The molecule has 5 heteroatoms. The summed E-state index contributed by atoms with van der Waals surface area (Å²) in [6.07, 6.45) is 0. The quantitative estimate of drug-likeness (QED) is 0.873. The zero-order valence-corrected chi connectivity index (χ0v) is 10.7. The van der Waals surface area contributed by atoms with Crippen LogP contribution in [-0.2, 0) is 4.79 Å². The molecule has 0 saturated carbocycles. The summed E-state index contributed by atoms with van der Waals surface area (Å²) in [7, 11) is 0. The van der Waals surface area contributed by atoms with E-state index in [1.165, 1.54) is 23.8 Å². The zero-order chi connectivity index (χ0) is 11.0. The first-order valence-electron chi connectivity index (χ1n) is 4.41. The zero-order valence-electron chi connectivity index (χ0n) is 8.30. The summed E-state index contributed by atoms with van der Waals surface area (Å²) in [5, 5.41) is 3.33. The number of anilines is 1. The summed E-state index contributed by atoms with van der Waals surface area (Å²) in [5.74, 6) is -0.0955. The van der Waals surface area contributed by atoms with E-state index in [9.17, 15) is 4.79 Å². The highest BCUT2D eigenvalue weighted by molar-refractivity contribution is 9.10. The summed E-state index contributed by atoms with van der Waals surface area (Å²) in [6, 6.07) is 3.96. The number of nitrogens with one attached hydrogen (secondary N) is 1. The number of halogens is 1. The fraction of sp³-hybridized carbons (Fsp3) is 0.200. The van der Waals surface area contributed by atoms with E-state index in [0.29, 0.717) is 5.13 Å². The van der Waals surface area contributed by atoms with E-state index in [1.807, 2.05) is 19.1 Å². The molecule has 0 atom stereocenters. The largest absolute Gasteiger partial charge is 0.302 e. The van der Waals surface area contributed by atoms with Gasteiger partial charge in [0.1, 0.15) is 0 Å². The van der Waals surface area contributed by atoms with Crippen molar-refractivity contribution in [1.82, 2.24) is 4.98 Å². The molecule has 0 aliphatic rings. The van der Waals surface area contributed by atoms with Crippen LogP contribution in [0.25, 0.3) is 10.2 Å². The average molecular weight is 285 g/mol. The third kappa shape index (κ3) is 2.03. The van der Waals surface area contributed by atoms with Gasteiger partial charge < -0.3 is 5.32 Å². The molecule has 1 heterocycles. The number of hydrogen-bond donors (Lipinski definition) is 1. The van der Waals surface area contributed by atoms with E-state index >= 15 is 0 Å². The van der Waals surface area contributed by atoms with Crippen LogP contribution in [0.4, 0.5) is 5.13 Å². The number of thiazole rings is 1. The maximum Gasteiger partial charge on any atom is 0.223 e. The van der Waals surface area contributed by atoms with Crippen LogP contribution in [0, 0.1) is 6.92 Å². The second kappa shape index (κ2) is 3.90. The Bertz CT molecular complexity index is 535. The topological polar surface area (TPSA) is 42.0 Å². The van der Waals surface area contributed by atoms with E-state index in [1.54, 1.807) is 0 Å². The Morgan fingerprint density at radius 1 is 1.53 bits per heavy atom. The molecule has 0 aliphatic heterocycles. The van der Waals surface area contributed by atoms with E-state index in [2.05, 4.69) is 26.2 Å². The van der Waals surface area contributed by atoms with Crippen LogP contribution < -0.4 is 5.32 Å². The van der Waals surface area contributed by atoms with Gasteiger partial charge in [-0.1, -0.05) is 17.4 Å². The highest BCUT2D eigenvalue weighted by Crippen LogP contribution is 2.34. The number of aryl methyl sites for hydroxylation is 1. The highest BCUT2D eigenvalue weighted by Gasteiger charge is 2.09. The van der Waals surface area contributed by atoms with Crippen molar-refractivity contribution >= 4 is 48.5 Å². The molecule has 1 N–H and O–H groups in total. The molecular formula is C10H9BrN2OS. The van der Waals surface area contributed by atoms with Gasteiger partial charge in [0, 0.05) is 11.4 Å². The lowest BCUT2D eigenvalue weighted by atomic mass is 10.2. The molecule has 2 aromatic rings. The predicted octanol–water partition coefficient (Wildman–Crippen LogP) is 3.33. The first kappa shape index (κ1) is 10.6. The van der Waals surface area contributed by atoms with Gasteiger partial charge in [0.2, 0.25) is 5.91 Å². The number of fused-ring (bicyclic) bond motifs is 1. The van der Waals surface area contributed by atoms with Crippen LogP contribution in [-0.4, -0.2) is 10.9 Å². The molecule has 0 radical (unpaired) electrons. The second-order valence-corrected chi connectivity index (χ2v) is 5.04. The fourth-order valence-electron chi connectivity index (χ4n) is 1.26. The second-order valence-electron chi connectivity index (χ2n) is 3.24. The number of hydrogen-bond acceptors (Lipinski definition) is 3. The van der Waals surface area contributed by atoms with Crippen molar-refractivity contribution in [2.45, 2.75) is 13.8 Å². The molecule has 0 aliphatic carbocycles. The molecule has 0 spiro atoms. The molecule has 2 rings (SSSR count). The molecule has 78 valence electrons. The van der Waals surface area contributed by atoms with Crippen molar-refractivity contribution in [3.05, 3.63) is 22.2 Å². The Morgan fingerprint density at radius 2 is 2.27 bits per heavy atom. The summed E-state index contributed by atoms with van der Waals surface area (Å²) >= 11 is 4.99. The van der Waals surface area contributed by atoms with Crippen molar-refractivity contribution in [2.75, 3.05) is 5.32 Å². The number of rotatable bonds is 1. The van der Waals surface area contributed by atoms with Crippen LogP contribution in [0.2, 0.25) is 0 Å². The van der Waals surface area contributed by atoms with E-state index < -0.39 is 0 Å². The Labute approximate surface area is 99.6 Å².